The molecule has 0 aromatic rings. The second-order valence-corrected chi connectivity index (χ2v) is 5.50. The van der Waals surface area contributed by atoms with Crippen molar-refractivity contribution in [2.45, 2.75) is 51.7 Å². The molecule has 2 saturated heterocycles. The zero-order valence-corrected chi connectivity index (χ0v) is 10.9. The Morgan fingerprint density at radius 3 is 2.88 bits per heavy atom. The summed E-state index contributed by atoms with van der Waals surface area (Å²) in [5, 5.41) is 3.01. The summed E-state index contributed by atoms with van der Waals surface area (Å²) >= 11 is 0. The molecule has 2 amide bonds. The highest BCUT2D eigenvalue weighted by Gasteiger charge is 2.27. The average Bonchev–Trinajstić information content (AvgIpc) is 2.82. The van der Waals surface area contributed by atoms with E-state index in [1.165, 1.54) is 6.42 Å². The maximum absolute atomic E-state index is 12.1. The van der Waals surface area contributed by atoms with Gasteiger partial charge in [-0.05, 0) is 38.5 Å². The third kappa shape index (κ3) is 3.35. The summed E-state index contributed by atoms with van der Waals surface area (Å²) in [6.45, 7) is 6.75. The highest BCUT2D eigenvalue weighted by molar-refractivity contribution is 5.74. The number of likely N-dealkylation sites (tertiary alicyclic amines) is 1. The summed E-state index contributed by atoms with van der Waals surface area (Å²) in [4.78, 5) is 14.0. The molecule has 0 aliphatic carbocycles. The van der Waals surface area contributed by atoms with Gasteiger partial charge in [0.1, 0.15) is 0 Å². The lowest BCUT2D eigenvalue weighted by Gasteiger charge is -2.36. The molecule has 1 N–H and O–H groups in total. The normalized spacial score (nSPS) is 33.8. The second kappa shape index (κ2) is 5.71. The molecule has 2 aliphatic heterocycles. The van der Waals surface area contributed by atoms with Gasteiger partial charge in [0.25, 0.3) is 0 Å². The Labute approximate surface area is 104 Å². The van der Waals surface area contributed by atoms with Crippen LogP contribution < -0.4 is 5.32 Å². The van der Waals surface area contributed by atoms with E-state index in [1.54, 1.807) is 0 Å². The molecule has 4 nitrogen and oxygen atoms in total. The lowest BCUT2D eigenvalue weighted by molar-refractivity contribution is 0.102. The number of hydrogen-bond donors (Lipinski definition) is 1. The van der Waals surface area contributed by atoms with Gasteiger partial charge in [-0.1, -0.05) is 6.92 Å². The molecule has 0 aromatic heterocycles. The van der Waals surface area contributed by atoms with E-state index in [-0.39, 0.29) is 12.1 Å². The van der Waals surface area contributed by atoms with Crippen LogP contribution in [0.1, 0.15) is 39.5 Å². The third-order valence-electron chi connectivity index (χ3n) is 3.88. The van der Waals surface area contributed by atoms with Crippen molar-refractivity contribution in [3.05, 3.63) is 0 Å². The molecule has 98 valence electrons. The molecule has 2 rings (SSSR count). The first kappa shape index (κ1) is 12.7. The van der Waals surface area contributed by atoms with Gasteiger partial charge >= 0.3 is 6.03 Å². The predicted molar refractivity (Wildman–Crippen MR) is 66.9 cm³/mol. The van der Waals surface area contributed by atoms with E-state index in [9.17, 15) is 4.79 Å². The molecule has 4 heteroatoms. The maximum atomic E-state index is 12.1. The first-order valence-corrected chi connectivity index (χ1v) is 6.83. The standard InChI is InChI=1S/C13H24N2O2/c1-10-5-6-11(2)15(9-10)13(16)14-8-12-4-3-7-17-12/h10-12H,3-9H2,1-2H3,(H,14,16)/t10-,11+,12-/m1/s1. The highest BCUT2D eigenvalue weighted by atomic mass is 16.5. The summed E-state index contributed by atoms with van der Waals surface area (Å²) in [6.07, 6.45) is 4.78. The monoisotopic (exact) mass is 240 g/mol. The molecular formula is C13H24N2O2. The average molecular weight is 240 g/mol. The lowest BCUT2D eigenvalue weighted by Crippen LogP contribution is -2.50. The van der Waals surface area contributed by atoms with Gasteiger partial charge in [0, 0.05) is 25.7 Å². The summed E-state index contributed by atoms with van der Waals surface area (Å²) in [5.41, 5.74) is 0. The van der Waals surface area contributed by atoms with Crippen molar-refractivity contribution in [1.29, 1.82) is 0 Å². The van der Waals surface area contributed by atoms with E-state index in [2.05, 4.69) is 19.2 Å². The van der Waals surface area contributed by atoms with E-state index in [0.29, 0.717) is 18.5 Å². The van der Waals surface area contributed by atoms with Crippen molar-refractivity contribution < 1.29 is 9.53 Å². The molecule has 0 radical (unpaired) electrons. The summed E-state index contributed by atoms with van der Waals surface area (Å²) in [5.74, 6) is 0.625. The summed E-state index contributed by atoms with van der Waals surface area (Å²) in [6, 6.07) is 0.454. The number of amides is 2. The minimum Gasteiger partial charge on any atom is -0.376 e. The number of carbonyl (C=O) groups is 1. The van der Waals surface area contributed by atoms with Crippen LogP contribution in [0.15, 0.2) is 0 Å². The smallest absolute Gasteiger partial charge is 0.317 e. The predicted octanol–water partition coefficient (Wildman–Crippen LogP) is 2.00. The molecule has 17 heavy (non-hydrogen) atoms. The van der Waals surface area contributed by atoms with Gasteiger partial charge in [-0.3, -0.25) is 0 Å². The molecule has 3 atom stereocenters. The fourth-order valence-corrected chi connectivity index (χ4v) is 2.68. The van der Waals surface area contributed by atoms with Crippen LogP contribution in [0.2, 0.25) is 0 Å². The first-order chi connectivity index (χ1) is 8.16. The quantitative estimate of drug-likeness (QED) is 0.802. The molecular weight excluding hydrogens is 216 g/mol. The number of piperidine rings is 1. The summed E-state index contributed by atoms with van der Waals surface area (Å²) in [7, 11) is 0. The number of hydrogen-bond acceptors (Lipinski definition) is 2. The minimum absolute atomic E-state index is 0.0829. The number of nitrogens with one attached hydrogen (secondary N) is 1. The van der Waals surface area contributed by atoms with Gasteiger partial charge in [0.05, 0.1) is 6.10 Å². The van der Waals surface area contributed by atoms with Crippen LogP contribution in [0.5, 0.6) is 0 Å². The molecule has 0 saturated carbocycles. The van der Waals surface area contributed by atoms with Gasteiger partial charge in [-0.2, -0.15) is 0 Å². The zero-order chi connectivity index (χ0) is 12.3. The van der Waals surface area contributed by atoms with E-state index in [1.807, 2.05) is 4.90 Å². The molecule has 2 fully saturated rings. The van der Waals surface area contributed by atoms with Crippen molar-refractivity contribution >= 4 is 6.03 Å². The fourth-order valence-electron chi connectivity index (χ4n) is 2.68. The fraction of sp³-hybridized carbons (Fsp3) is 0.923. The second-order valence-electron chi connectivity index (χ2n) is 5.50. The molecule has 0 spiro atoms. The van der Waals surface area contributed by atoms with Crippen LogP contribution in [0.3, 0.4) is 0 Å². The van der Waals surface area contributed by atoms with E-state index in [4.69, 9.17) is 4.74 Å². The Bertz CT molecular complexity index is 264. The third-order valence-corrected chi connectivity index (χ3v) is 3.88. The van der Waals surface area contributed by atoms with Gasteiger partial charge in [-0.15, -0.1) is 0 Å². The van der Waals surface area contributed by atoms with Gasteiger partial charge in [0.2, 0.25) is 0 Å². The number of urea groups is 1. The SMILES string of the molecule is C[C@@H]1CC[C@H](C)N(C(=O)NC[C@H]2CCCO2)C1. The Balaban J connectivity index is 1.77. The number of nitrogens with zero attached hydrogens (tertiary/aromatic N) is 1. The Kier molecular flexibility index (Phi) is 4.26. The Hall–Kier alpha value is -0.770. The van der Waals surface area contributed by atoms with Crippen molar-refractivity contribution in [1.82, 2.24) is 10.2 Å². The van der Waals surface area contributed by atoms with Gasteiger partial charge in [0.15, 0.2) is 0 Å². The van der Waals surface area contributed by atoms with Crippen LogP contribution >= 0.6 is 0 Å². The molecule has 2 aliphatic rings. The number of carbonyl (C=O) groups excluding carboxylic acids is 1. The van der Waals surface area contributed by atoms with Crippen molar-refractivity contribution in [2.24, 2.45) is 5.92 Å². The van der Waals surface area contributed by atoms with Crippen LogP contribution in [-0.4, -0.2) is 42.8 Å². The van der Waals surface area contributed by atoms with Gasteiger partial charge < -0.3 is 15.0 Å². The molecule has 2 heterocycles. The Morgan fingerprint density at radius 1 is 1.35 bits per heavy atom. The van der Waals surface area contributed by atoms with Gasteiger partial charge in [-0.25, -0.2) is 4.79 Å². The number of rotatable bonds is 2. The van der Waals surface area contributed by atoms with Crippen LogP contribution in [-0.2, 0) is 4.74 Å². The van der Waals surface area contributed by atoms with Crippen LogP contribution in [0.25, 0.3) is 0 Å². The largest absolute Gasteiger partial charge is 0.376 e. The topological polar surface area (TPSA) is 41.6 Å². The first-order valence-electron chi connectivity index (χ1n) is 6.83. The maximum Gasteiger partial charge on any atom is 0.317 e. The van der Waals surface area contributed by atoms with Crippen molar-refractivity contribution in [3.63, 3.8) is 0 Å². The van der Waals surface area contributed by atoms with Crippen LogP contribution in [0, 0.1) is 5.92 Å². The summed E-state index contributed by atoms with van der Waals surface area (Å²) < 4.78 is 5.51. The number of ether oxygens (including phenoxy) is 1. The molecule has 0 unspecified atom stereocenters. The van der Waals surface area contributed by atoms with E-state index < -0.39 is 0 Å². The van der Waals surface area contributed by atoms with E-state index >= 15 is 0 Å². The molecule has 0 aromatic carbocycles. The minimum atomic E-state index is 0.0829. The zero-order valence-electron chi connectivity index (χ0n) is 10.9. The lowest BCUT2D eigenvalue weighted by atomic mass is 9.95. The van der Waals surface area contributed by atoms with E-state index in [0.717, 1.165) is 32.4 Å². The van der Waals surface area contributed by atoms with Crippen LogP contribution in [0.4, 0.5) is 4.79 Å². The van der Waals surface area contributed by atoms with Crippen molar-refractivity contribution in [2.75, 3.05) is 19.7 Å². The highest BCUT2D eigenvalue weighted by Crippen LogP contribution is 2.21. The van der Waals surface area contributed by atoms with Crippen molar-refractivity contribution in [3.8, 4) is 0 Å². The Morgan fingerprint density at radius 2 is 2.18 bits per heavy atom. The molecule has 0 bridgehead atoms.